The standard InChI is InChI=1S/C24H23F3N6O/c1-4-19(15-33(2)3)32-23-29-12-18(13-30-23)17-7-5-16(6-8-17)11-22(34)31-20-9-10-21(28-14-20)24(25,26)27/h4-10,12-15H,1,11H2,2-3H3,(H,31,34)(H,29,30,32)/b19-15+. The van der Waals surface area contributed by atoms with Gasteiger partial charge in [0.1, 0.15) is 5.69 Å². The number of nitrogens with one attached hydrogen (secondary N) is 2. The number of amides is 1. The summed E-state index contributed by atoms with van der Waals surface area (Å²) >= 11 is 0. The molecule has 2 aromatic heterocycles. The van der Waals surface area contributed by atoms with Crippen molar-refractivity contribution in [2.75, 3.05) is 24.7 Å². The molecule has 2 N–H and O–H groups in total. The van der Waals surface area contributed by atoms with Crippen LogP contribution in [0.4, 0.5) is 24.8 Å². The van der Waals surface area contributed by atoms with Gasteiger partial charge in [0, 0.05) is 38.3 Å². The van der Waals surface area contributed by atoms with Crippen molar-refractivity contribution >= 4 is 17.5 Å². The van der Waals surface area contributed by atoms with Crippen molar-refractivity contribution < 1.29 is 18.0 Å². The Morgan fingerprint density at radius 2 is 1.65 bits per heavy atom. The maximum absolute atomic E-state index is 12.6. The third-order valence-corrected chi connectivity index (χ3v) is 4.51. The van der Waals surface area contributed by atoms with Gasteiger partial charge in [0.25, 0.3) is 0 Å². The lowest BCUT2D eigenvalue weighted by Crippen LogP contribution is -2.15. The summed E-state index contributed by atoms with van der Waals surface area (Å²) in [6.45, 7) is 3.75. The molecule has 0 spiro atoms. The van der Waals surface area contributed by atoms with Crippen LogP contribution in [0.15, 0.2) is 79.5 Å². The largest absolute Gasteiger partial charge is 0.433 e. The molecule has 2 heterocycles. The summed E-state index contributed by atoms with van der Waals surface area (Å²) in [6.07, 6.45) is 3.41. The molecule has 0 unspecified atom stereocenters. The Balaban J connectivity index is 1.59. The zero-order chi connectivity index (χ0) is 24.7. The highest BCUT2D eigenvalue weighted by molar-refractivity contribution is 5.92. The number of nitrogens with zero attached hydrogens (tertiary/aromatic N) is 4. The molecule has 10 heteroatoms. The zero-order valence-electron chi connectivity index (χ0n) is 18.6. The van der Waals surface area contributed by atoms with E-state index in [4.69, 9.17) is 0 Å². The summed E-state index contributed by atoms with van der Waals surface area (Å²) < 4.78 is 37.7. The lowest BCUT2D eigenvalue weighted by molar-refractivity contribution is -0.141. The smallest absolute Gasteiger partial charge is 0.382 e. The van der Waals surface area contributed by atoms with E-state index in [0.717, 1.165) is 34.7 Å². The van der Waals surface area contributed by atoms with Crippen LogP contribution < -0.4 is 10.6 Å². The molecule has 1 aromatic carbocycles. The molecule has 0 bridgehead atoms. The van der Waals surface area contributed by atoms with Gasteiger partial charge in [0.15, 0.2) is 0 Å². The van der Waals surface area contributed by atoms with Gasteiger partial charge in [-0.15, -0.1) is 0 Å². The molecule has 0 saturated heterocycles. The summed E-state index contributed by atoms with van der Waals surface area (Å²) in [6, 6.07) is 9.27. The summed E-state index contributed by atoms with van der Waals surface area (Å²) in [5, 5.41) is 5.62. The van der Waals surface area contributed by atoms with Gasteiger partial charge in [-0.2, -0.15) is 13.2 Å². The first kappa shape index (κ1) is 24.4. The molecule has 0 aliphatic heterocycles. The Kier molecular flexibility index (Phi) is 7.62. The number of hydrogen-bond acceptors (Lipinski definition) is 6. The number of anilines is 2. The van der Waals surface area contributed by atoms with Gasteiger partial charge in [-0.25, -0.2) is 15.0 Å². The SMILES string of the molecule is C=C/C(=C\N(C)C)Nc1ncc(-c2ccc(CC(=O)Nc3ccc(C(F)(F)F)nc3)cc2)cn1. The first-order chi connectivity index (χ1) is 16.1. The van der Waals surface area contributed by atoms with Crippen LogP contribution in [-0.2, 0) is 17.4 Å². The average Bonchev–Trinajstić information content (AvgIpc) is 2.79. The highest BCUT2D eigenvalue weighted by Crippen LogP contribution is 2.27. The second-order valence-corrected chi connectivity index (χ2v) is 7.52. The van der Waals surface area contributed by atoms with Gasteiger partial charge in [-0.05, 0) is 29.3 Å². The molecule has 0 saturated carbocycles. The van der Waals surface area contributed by atoms with Crippen molar-refractivity contribution in [3.8, 4) is 11.1 Å². The second-order valence-electron chi connectivity index (χ2n) is 7.52. The van der Waals surface area contributed by atoms with E-state index in [9.17, 15) is 18.0 Å². The minimum absolute atomic E-state index is 0.0587. The summed E-state index contributed by atoms with van der Waals surface area (Å²) in [5.41, 5.74) is 2.35. The maximum atomic E-state index is 12.6. The Bertz CT molecular complexity index is 1160. The number of pyridine rings is 1. The zero-order valence-corrected chi connectivity index (χ0v) is 18.6. The maximum Gasteiger partial charge on any atom is 0.433 e. The third-order valence-electron chi connectivity index (χ3n) is 4.51. The second kappa shape index (κ2) is 10.6. The van der Waals surface area contributed by atoms with Crippen LogP contribution in [0.3, 0.4) is 0 Å². The fourth-order valence-corrected chi connectivity index (χ4v) is 2.93. The molecular formula is C24H23F3N6O. The van der Waals surface area contributed by atoms with Crippen LogP contribution in [0.2, 0.25) is 0 Å². The number of aromatic nitrogens is 3. The number of allylic oxidation sites excluding steroid dienone is 1. The van der Waals surface area contributed by atoms with Crippen molar-refractivity contribution in [3.05, 3.63) is 90.8 Å². The lowest BCUT2D eigenvalue weighted by atomic mass is 10.1. The predicted octanol–water partition coefficient (Wildman–Crippen LogP) is 4.74. The molecule has 0 fully saturated rings. The van der Waals surface area contributed by atoms with Crippen molar-refractivity contribution in [1.29, 1.82) is 0 Å². The number of rotatable bonds is 8. The van der Waals surface area contributed by atoms with Crippen LogP contribution >= 0.6 is 0 Å². The molecule has 3 aromatic rings. The molecule has 0 aliphatic carbocycles. The normalized spacial score (nSPS) is 11.6. The van der Waals surface area contributed by atoms with E-state index < -0.39 is 11.9 Å². The first-order valence-corrected chi connectivity index (χ1v) is 10.2. The average molecular weight is 468 g/mol. The molecule has 0 atom stereocenters. The Morgan fingerprint density at radius 1 is 0.971 bits per heavy atom. The topological polar surface area (TPSA) is 83.0 Å². The van der Waals surface area contributed by atoms with Crippen LogP contribution in [0.1, 0.15) is 11.3 Å². The van der Waals surface area contributed by atoms with Crippen molar-refractivity contribution in [2.24, 2.45) is 0 Å². The van der Waals surface area contributed by atoms with Crippen LogP contribution in [-0.4, -0.2) is 39.9 Å². The number of carbonyl (C=O) groups is 1. The van der Waals surface area contributed by atoms with Gasteiger partial charge < -0.3 is 15.5 Å². The molecule has 3 rings (SSSR count). The quantitative estimate of drug-likeness (QED) is 0.465. The van der Waals surface area contributed by atoms with Crippen molar-refractivity contribution in [3.63, 3.8) is 0 Å². The van der Waals surface area contributed by atoms with Crippen LogP contribution in [0.5, 0.6) is 0 Å². The van der Waals surface area contributed by atoms with Gasteiger partial charge >= 0.3 is 6.18 Å². The molecule has 7 nitrogen and oxygen atoms in total. The van der Waals surface area contributed by atoms with E-state index in [2.05, 4.69) is 32.2 Å². The van der Waals surface area contributed by atoms with E-state index in [0.29, 0.717) is 5.95 Å². The molecule has 34 heavy (non-hydrogen) atoms. The highest BCUT2D eigenvalue weighted by atomic mass is 19.4. The van der Waals surface area contributed by atoms with Gasteiger partial charge in [-0.1, -0.05) is 30.8 Å². The minimum Gasteiger partial charge on any atom is -0.382 e. The number of alkyl halides is 3. The van der Waals surface area contributed by atoms with Gasteiger partial charge in [0.2, 0.25) is 11.9 Å². The fourth-order valence-electron chi connectivity index (χ4n) is 2.93. The van der Waals surface area contributed by atoms with Gasteiger partial charge in [0.05, 0.1) is 24.0 Å². The highest BCUT2D eigenvalue weighted by Gasteiger charge is 2.32. The number of benzene rings is 1. The molecule has 0 aliphatic rings. The monoisotopic (exact) mass is 468 g/mol. The van der Waals surface area contributed by atoms with E-state index in [-0.39, 0.29) is 18.0 Å². The summed E-state index contributed by atoms with van der Waals surface area (Å²) in [5.74, 6) is 0.0691. The molecular weight excluding hydrogens is 445 g/mol. The van der Waals surface area contributed by atoms with Gasteiger partial charge in [-0.3, -0.25) is 4.79 Å². The van der Waals surface area contributed by atoms with E-state index >= 15 is 0 Å². The van der Waals surface area contributed by atoms with Crippen LogP contribution in [0, 0.1) is 0 Å². The minimum atomic E-state index is -4.52. The Morgan fingerprint density at radius 3 is 2.18 bits per heavy atom. The molecule has 1 amide bonds. The third kappa shape index (κ3) is 6.89. The number of carbonyl (C=O) groups excluding carboxylic acids is 1. The molecule has 0 radical (unpaired) electrons. The van der Waals surface area contributed by atoms with Crippen molar-refractivity contribution in [2.45, 2.75) is 12.6 Å². The number of hydrogen-bond donors (Lipinski definition) is 2. The Hall–Kier alpha value is -4.21. The summed E-state index contributed by atoms with van der Waals surface area (Å²) in [7, 11) is 3.79. The van der Waals surface area contributed by atoms with Crippen molar-refractivity contribution in [1.82, 2.24) is 19.9 Å². The van der Waals surface area contributed by atoms with E-state index in [1.165, 1.54) is 6.07 Å². The Labute approximate surface area is 195 Å². The predicted molar refractivity (Wildman–Crippen MR) is 125 cm³/mol. The number of halogens is 3. The first-order valence-electron chi connectivity index (χ1n) is 10.2. The van der Waals surface area contributed by atoms with E-state index in [1.54, 1.807) is 30.6 Å². The summed E-state index contributed by atoms with van der Waals surface area (Å²) in [4.78, 5) is 26.1. The molecule has 176 valence electrons. The fraction of sp³-hybridized carbons (Fsp3) is 0.167. The lowest BCUT2D eigenvalue weighted by Gasteiger charge is -2.10. The van der Waals surface area contributed by atoms with E-state index in [1.807, 2.05) is 37.3 Å². The van der Waals surface area contributed by atoms with Crippen LogP contribution in [0.25, 0.3) is 11.1 Å².